The molecule has 226 valence electrons. The zero-order valence-corrected chi connectivity index (χ0v) is 24.4. The van der Waals surface area contributed by atoms with Crippen molar-refractivity contribution in [3.05, 3.63) is 36.5 Å². The third-order valence-corrected chi connectivity index (χ3v) is 8.45. The van der Waals surface area contributed by atoms with E-state index in [-0.39, 0.29) is 5.57 Å². The topological polar surface area (TPSA) is 172 Å². The van der Waals surface area contributed by atoms with Crippen LogP contribution in [0.2, 0.25) is 0 Å². The van der Waals surface area contributed by atoms with Crippen LogP contribution in [0.25, 0.3) is 0 Å². The number of carbonyl (C=O) groups excluding carboxylic acids is 5. The van der Waals surface area contributed by atoms with E-state index in [2.05, 4.69) is 6.58 Å². The number of aliphatic hydroxyl groups is 2. The lowest BCUT2D eigenvalue weighted by atomic mass is 9.54. The Hall–Kier alpha value is -3.22. The molecule has 3 rings (SSSR count). The number of allylic oxidation sites excluding steroid dienone is 1. The van der Waals surface area contributed by atoms with Gasteiger partial charge in [-0.2, -0.15) is 0 Å². The number of esters is 5. The van der Waals surface area contributed by atoms with Gasteiger partial charge in [0.2, 0.25) is 0 Å². The highest BCUT2D eigenvalue weighted by molar-refractivity contribution is 6.23. The Bertz CT molecular complexity index is 1190. The number of carbonyl (C=O) groups is 5. The fraction of sp³-hybridized carbons (Fsp3) is 0.607. The molecule has 41 heavy (non-hydrogen) atoms. The van der Waals surface area contributed by atoms with Crippen molar-refractivity contribution in [3.63, 3.8) is 0 Å². The Morgan fingerprint density at radius 2 is 1.54 bits per heavy atom. The third-order valence-electron chi connectivity index (χ3n) is 7.94. The molecule has 0 spiro atoms. The number of halogens is 1. The molecule has 13 heteroatoms. The zero-order chi connectivity index (χ0) is 31.1. The molecule has 1 fully saturated rings. The van der Waals surface area contributed by atoms with Crippen LogP contribution in [0.15, 0.2) is 36.5 Å². The van der Waals surface area contributed by atoms with Crippen LogP contribution in [0.4, 0.5) is 0 Å². The summed E-state index contributed by atoms with van der Waals surface area (Å²) in [5.41, 5.74) is -6.27. The average Bonchev–Trinajstić information content (AvgIpc) is 3.09. The maximum atomic E-state index is 12.9. The van der Waals surface area contributed by atoms with Crippen molar-refractivity contribution in [1.82, 2.24) is 0 Å². The molecular weight excluding hydrogens is 564 g/mol. The summed E-state index contributed by atoms with van der Waals surface area (Å²) < 4.78 is 27.5. The molecule has 2 N–H and O–H groups in total. The molecule has 0 bridgehead atoms. The van der Waals surface area contributed by atoms with Crippen molar-refractivity contribution >= 4 is 41.4 Å². The first-order chi connectivity index (χ1) is 18.9. The molecule has 0 aromatic carbocycles. The molecule has 1 aliphatic heterocycles. The standard InChI is InChI=1S/C28H35ClO12/c1-13-8-9-19(38-16(4)31)26(7)11-10-20(39-17(5)32)27(35,12-37-15(3)30)22(26)24(40-18(6)33)28(36)14(2)25(34)41-23(28)21(13)29/h8-11,14,19-24,35-36H,1,12H2,2-7H3/b9-8-/t14-,19+,20+,21-,22+,23-,24-,26+,27+,28-/m0/s1. The van der Waals surface area contributed by atoms with Gasteiger partial charge in [-0.05, 0) is 24.6 Å². The molecule has 0 radical (unpaired) electrons. The third kappa shape index (κ3) is 5.77. The van der Waals surface area contributed by atoms with E-state index in [1.807, 2.05) is 0 Å². The number of hydrogen-bond acceptors (Lipinski definition) is 12. The minimum absolute atomic E-state index is 0.172. The van der Waals surface area contributed by atoms with Crippen LogP contribution in [0.3, 0.4) is 0 Å². The lowest BCUT2D eigenvalue weighted by molar-refractivity contribution is -0.254. The smallest absolute Gasteiger partial charge is 0.312 e. The second-order valence-electron chi connectivity index (χ2n) is 10.9. The molecule has 0 amide bonds. The largest absolute Gasteiger partial charge is 0.463 e. The fourth-order valence-corrected chi connectivity index (χ4v) is 6.29. The monoisotopic (exact) mass is 598 g/mol. The maximum absolute atomic E-state index is 12.9. The molecular formula is C28H35ClO12. The van der Waals surface area contributed by atoms with E-state index in [1.165, 1.54) is 38.2 Å². The molecule has 3 aliphatic rings. The van der Waals surface area contributed by atoms with Gasteiger partial charge >= 0.3 is 29.8 Å². The van der Waals surface area contributed by atoms with E-state index in [0.717, 1.165) is 27.7 Å². The Balaban J connectivity index is 2.48. The Morgan fingerprint density at radius 3 is 2.07 bits per heavy atom. The molecule has 2 aliphatic carbocycles. The first-order valence-electron chi connectivity index (χ1n) is 12.9. The Kier molecular flexibility index (Phi) is 9.12. The van der Waals surface area contributed by atoms with Gasteiger partial charge in [-0.25, -0.2) is 0 Å². The van der Waals surface area contributed by atoms with E-state index in [1.54, 1.807) is 0 Å². The van der Waals surface area contributed by atoms with Crippen LogP contribution >= 0.6 is 11.6 Å². The van der Waals surface area contributed by atoms with Crippen LogP contribution in [0, 0.1) is 17.3 Å². The number of fused-ring (bicyclic) bond motifs is 2. The second-order valence-corrected chi connectivity index (χ2v) is 11.3. The maximum Gasteiger partial charge on any atom is 0.312 e. The zero-order valence-electron chi connectivity index (χ0n) is 23.6. The van der Waals surface area contributed by atoms with Gasteiger partial charge < -0.3 is 33.9 Å². The number of hydrogen-bond donors (Lipinski definition) is 2. The van der Waals surface area contributed by atoms with Gasteiger partial charge in [0.25, 0.3) is 0 Å². The summed E-state index contributed by atoms with van der Waals surface area (Å²) in [7, 11) is 0. The van der Waals surface area contributed by atoms with E-state index in [9.17, 15) is 34.2 Å². The summed E-state index contributed by atoms with van der Waals surface area (Å²) in [6, 6.07) is 0. The van der Waals surface area contributed by atoms with Crippen molar-refractivity contribution < 1.29 is 57.9 Å². The van der Waals surface area contributed by atoms with E-state index < -0.39 is 94.7 Å². The van der Waals surface area contributed by atoms with Crippen molar-refractivity contribution in [3.8, 4) is 0 Å². The first-order valence-corrected chi connectivity index (χ1v) is 13.3. The number of rotatable bonds is 5. The van der Waals surface area contributed by atoms with Gasteiger partial charge in [-0.1, -0.05) is 25.7 Å². The van der Waals surface area contributed by atoms with Crippen molar-refractivity contribution in [2.45, 2.75) is 82.5 Å². The van der Waals surface area contributed by atoms with Gasteiger partial charge in [-0.3, -0.25) is 24.0 Å². The molecule has 10 atom stereocenters. The van der Waals surface area contributed by atoms with E-state index in [0.29, 0.717) is 0 Å². The summed E-state index contributed by atoms with van der Waals surface area (Å²) in [4.78, 5) is 61.9. The summed E-state index contributed by atoms with van der Waals surface area (Å²) >= 11 is 6.68. The molecule has 1 saturated heterocycles. The highest BCUT2D eigenvalue weighted by Gasteiger charge is 2.71. The fourth-order valence-electron chi connectivity index (χ4n) is 5.97. The number of alkyl halides is 1. The van der Waals surface area contributed by atoms with Crippen molar-refractivity contribution in [1.29, 1.82) is 0 Å². The van der Waals surface area contributed by atoms with Gasteiger partial charge in [0, 0.05) is 39.0 Å². The number of ether oxygens (including phenoxy) is 5. The predicted octanol–water partition coefficient (Wildman–Crippen LogP) is 1.29. The summed E-state index contributed by atoms with van der Waals surface area (Å²) in [6.45, 7) is 10.3. The first kappa shape index (κ1) is 32.3. The highest BCUT2D eigenvalue weighted by atomic mass is 35.5. The van der Waals surface area contributed by atoms with Crippen LogP contribution in [-0.2, 0) is 47.7 Å². The van der Waals surface area contributed by atoms with Gasteiger partial charge in [0.1, 0.15) is 24.4 Å². The van der Waals surface area contributed by atoms with E-state index in [4.69, 9.17) is 35.3 Å². The summed E-state index contributed by atoms with van der Waals surface area (Å²) in [6.07, 6.45) is -0.489. The molecule has 0 unspecified atom stereocenters. The normalized spacial score (nSPS) is 40.8. The van der Waals surface area contributed by atoms with Gasteiger partial charge in [-0.15, -0.1) is 11.6 Å². The molecule has 0 aromatic rings. The van der Waals surface area contributed by atoms with E-state index >= 15 is 0 Å². The van der Waals surface area contributed by atoms with Crippen LogP contribution in [-0.4, -0.2) is 87.7 Å². The molecule has 12 nitrogen and oxygen atoms in total. The van der Waals surface area contributed by atoms with Crippen LogP contribution < -0.4 is 0 Å². The van der Waals surface area contributed by atoms with Crippen molar-refractivity contribution in [2.75, 3.05) is 6.61 Å². The minimum atomic E-state index is -2.43. The Labute approximate surface area is 242 Å². The van der Waals surface area contributed by atoms with Crippen LogP contribution in [0.1, 0.15) is 41.5 Å². The minimum Gasteiger partial charge on any atom is -0.463 e. The quantitative estimate of drug-likeness (QED) is 0.201. The summed E-state index contributed by atoms with van der Waals surface area (Å²) in [5.74, 6) is -7.11. The highest BCUT2D eigenvalue weighted by Crippen LogP contribution is 2.55. The Morgan fingerprint density at radius 1 is 0.976 bits per heavy atom. The average molecular weight is 599 g/mol. The predicted molar refractivity (Wildman–Crippen MR) is 141 cm³/mol. The lowest BCUT2D eigenvalue weighted by Crippen LogP contribution is -2.72. The second kappa shape index (κ2) is 11.6. The van der Waals surface area contributed by atoms with Crippen molar-refractivity contribution in [2.24, 2.45) is 17.3 Å². The molecule has 0 aromatic heterocycles. The van der Waals surface area contributed by atoms with Gasteiger partial charge in [0.05, 0.1) is 11.3 Å². The SMILES string of the molecule is C=C1/C=C\[C@@H](OC(C)=O)[C@@]2(C)C=C[C@@H](OC(C)=O)[C@](O)(COC(C)=O)[C@@H]2[C@H](OC(C)=O)[C@]2(O)[C@@H](C)C(=O)O[C@H]2[C@H]1Cl. The molecule has 0 saturated carbocycles. The van der Waals surface area contributed by atoms with Gasteiger partial charge in [0.15, 0.2) is 17.8 Å². The molecule has 1 heterocycles. The van der Waals surface area contributed by atoms with Crippen LogP contribution in [0.5, 0.6) is 0 Å². The summed E-state index contributed by atoms with van der Waals surface area (Å²) in [5, 5.41) is 23.6. The lowest BCUT2D eigenvalue weighted by Gasteiger charge is -2.57.